The number of hydrogen-bond acceptors (Lipinski definition) is 6. The molecule has 0 atom stereocenters. The van der Waals surface area contributed by atoms with E-state index in [0.29, 0.717) is 11.5 Å². The molecular weight excluding hydrogens is 376 g/mol. The van der Waals surface area contributed by atoms with Crippen molar-refractivity contribution in [2.24, 2.45) is 0 Å². The molecule has 0 unspecified atom stereocenters. The molecule has 0 aliphatic carbocycles. The van der Waals surface area contributed by atoms with E-state index in [4.69, 9.17) is 9.47 Å². The van der Waals surface area contributed by atoms with Crippen LogP contribution < -0.4 is 14.8 Å². The number of carbonyl (C=O) groups excluding carboxylic acids is 4. The summed E-state index contributed by atoms with van der Waals surface area (Å²) in [6.45, 7) is 5.04. The highest BCUT2D eigenvalue weighted by atomic mass is 16.7. The molecule has 2 aromatic rings. The maximum atomic E-state index is 12.8. The number of nitrogens with zero attached hydrogens (tertiary/aromatic N) is 1. The Hall–Kier alpha value is -3.94. The van der Waals surface area contributed by atoms with Gasteiger partial charge in [0.15, 0.2) is 17.3 Å². The summed E-state index contributed by atoms with van der Waals surface area (Å²) >= 11 is 0. The molecule has 4 rings (SSSR count). The average molecular weight is 392 g/mol. The number of anilines is 1. The van der Waals surface area contributed by atoms with Gasteiger partial charge >= 0.3 is 0 Å². The third-order valence-electron chi connectivity index (χ3n) is 4.68. The van der Waals surface area contributed by atoms with E-state index in [-0.39, 0.29) is 47.1 Å². The first-order chi connectivity index (χ1) is 13.9. The molecule has 0 saturated heterocycles. The predicted octanol–water partition coefficient (Wildman–Crippen LogP) is 2.65. The van der Waals surface area contributed by atoms with E-state index in [9.17, 15) is 19.2 Å². The maximum Gasteiger partial charge on any atom is 0.261 e. The number of imide groups is 1. The minimum atomic E-state index is -0.531. The first-order valence-corrected chi connectivity index (χ1v) is 8.77. The number of rotatable bonds is 5. The highest BCUT2D eigenvalue weighted by Gasteiger charge is 2.35. The first kappa shape index (κ1) is 18.4. The van der Waals surface area contributed by atoms with Gasteiger partial charge in [-0.1, -0.05) is 6.08 Å². The van der Waals surface area contributed by atoms with Crippen LogP contribution in [0.4, 0.5) is 5.69 Å². The van der Waals surface area contributed by atoms with Crippen molar-refractivity contribution in [3.8, 4) is 11.5 Å². The highest BCUT2D eigenvalue weighted by Crippen LogP contribution is 2.37. The summed E-state index contributed by atoms with van der Waals surface area (Å²) < 4.78 is 10.6. The van der Waals surface area contributed by atoms with Gasteiger partial charge in [-0.3, -0.25) is 24.1 Å². The smallest absolute Gasteiger partial charge is 0.261 e. The van der Waals surface area contributed by atoms with E-state index >= 15 is 0 Å². The molecule has 0 radical (unpaired) electrons. The number of benzene rings is 2. The Bertz CT molecular complexity index is 1100. The van der Waals surface area contributed by atoms with Crippen LogP contribution in [-0.2, 0) is 0 Å². The van der Waals surface area contributed by atoms with Crippen LogP contribution in [-0.4, -0.2) is 41.7 Å². The van der Waals surface area contributed by atoms with Crippen molar-refractivity contribution in [1.29, 1.82) is 0 Å². The molecule has 0 saturated carbocycles. The standard InChI is InChI=1S/C21H16N2O6/c1-3-6-23-20(26)13-5-4-12(7-15(13)21(23)27)19(25)22-16-9-18-17(28-10-29-18)8-14(16)11(2)24/h3-5,7-9H,1,6,10H2,2H3,(H,22,25). The van der Waals surface area contributed by atoms with Crippen LogP contribution in [0.25, 0.3) is 0 Å². The summed E-state index contributed by atoms with van der Waals surface area (Å²) in [6.07, 6.45) is 1.46. The van der Waals surface area contributed by atoms with Crippen molar-refractivity contribution < 1.29 is 28.7 Å². The molecule has 2 heterocycles. The number of Topliss-reactive ketones (excluding diaryl/α,β-unsaturated/α-hetero) is 1. The topological polar surface area (TPSA) is 102 Å². The fraction of sp³-hybridized carbons (Fsp3) is 0.143. The van der Waals surface area contributed by atoms with E-state index < -0.39 is 17.7 Å². The van der Waals surface area contributed by atoms with Gasteiger partial charge in [-0.05, 0) is 31.2 Å². The quantitative estimate of drug-likeness (QED) is 0.477. The predicted molar refractivity (Wildman–Crippen MR) is 103 cm³/mol. The molecule has 0 aromatic heterocycles. The van der Waals surface area contributed by atoms with Crippen molar-refractivity contribution in [2.45, 2.75) is 6.92 Å². The Morgan fingerprint density at radius 3 is 2.48 bits per heavy atom. The lowest BCUT2D eigenvalue weighted by Gasteiger charge is -2.11. The van der Waals surface area contributed by atoms with Crippen LogP contribution >= 0.6 is 0 Å². The van der Waals surface area contributed by atoms with E-state index in [2.05, 4.69) is 11.9 Å². The van der Waals surface area contributed by atoms with Gasteiger partial charge in [-0.2, -0.15) is 0 Å². The summed E-state index contributed by atoms with van der Waals surface area (Å²) in [6, 6.07) is 7.30. The second-order valence-corrected chi connectivity index (χ2v) is 6.53. The zero-order valence-corrected chi connectivity index (χ0v) is 15.5. The average Bonchev–Trinajstić information content (AvgIpc) is 3.25. The third kappa shape index (κ3) is 3.04. The Kier molecular flexibility index (Phi) is 4.38. The van der Waals surface area contributed by atoms with Gasteiger partial charge in [0, 0.05) is 23.7 Å². The van der Waals surface area contributed by atoms with Crippen molar-refractivity contribution >= 4 is 29.2 Å². The monoisotopic (exact) mass is 392 g/mol. The number of amides is 3. The Balaban J connectivity index is 1.65. The van der Waals surface area contributed by atoms with E-state index in [1.54, 1.807) is 0 Å². The van der Waals surface area contributed by atoms with E-state index in [1.165, 1.54) is 43.3 Å². The number of hydrogen-bond donors (Lipinski definition) is 1. The van der Waals surface area contributed by atoms with E-state index in [0.717, 1.165) is 4.90 Å². The van der Waals surface area contributed by atoms with Crippen molar-refractivity contribution in [3.05, 3.63) is 65.2 Å². The van der Waals surface area contributed by atoms with Gasteiger partial charge in [-0.15, -0.1) is 6.58 Å². The largest absolute Gasteiger partial charge is 0.454 e. The van der Waals surface area contributed by atoms with Crippen molar-refractivity contribution in [1.82, 2.24) is 4.90 Å². The maximum absolute atomic E-state index is 12.8. The fourth-order valence-electron chi connectivity index (χ4n) is 3.26. The molecule has 2 aliphatic heterocycles. The lowest BCUT2D eigenvalue weighted by atomic mass is 10.0. The minimum absolute atomic E-state index is 0.0340. The third-order valence-corrected chi connectivity index (χ3v) is 4.68. The zero-order chi connectivity index (χ0) is 20.7. The second kappa shape index (κ2) is 6.90. The minimum Gasteiger partial charge on any atom is -0.454 e. The number of ketones is 1. The molecule has 8 nitrogen and oxygen atoms in total. The first-order valence-electron chi connectivity index (χ1n) is 8.77. The summed E-state index contributed by atoms with van der Waals surface area (Å²) in [5.74, 6) is -0.847. The van der Waals surface area contributed by atoms with Crippen LogP contribution in [0.1, 0.15) is 48.4 Å². The summed E-state index contributed by atoms with van der Waals surface area (Å²) in [5, 5.41) is 2.67. The lowest BCUT2D eigenvalue weighted by molar-refractivity contribution is 0.0671. The Morgan fingerprint density at radius 2 is 1.79 bits per heavy atom. The van der Waals surface area contributed by atoms with E-state index in [1.807, 2.05) is 0 Å². The fourth-order valence-corrected chi connectivity index (χ4v) is 3.26. The molecule has 8 heteroatoms. The molecular formula is C21H16N2O6. The van der Waals surface area contributed by atoms with Gasteiger partial charge in [-0.25, -0.2) is 0 Å². The molecule has 146 valence electrons. The summed E-state index contributed by atoms with van der Waals surface area (Å²) in [4.78, 5) is 50.5. The molecule has 0 spiro atoms. The van der Waals surface area contributed by atoms with Crippen LogP contribution in [0.15, 0.2) is 43.0 Å². The molecule has 2 aliphatic rings. The Labute approximate surface area is 165 Å². The van der Waals surface area contributed by atoms with Crippen molar-refractivity contribution in [3.63, 3.8) is 0 Å². The van der Waals surface area contributed by atoms with Gasteiger partial charge in [0.05, 0.1) is 16.8 Å². The SMILES string of the molecule is C=CCN1C(=O)c2ccc(C(=O)Nc3cc4c(cc3C(C)=O)OCO4)cc2C1=O. The molecule has 3 amide bonds. The molecule has 0 fully saturated rings. The number of carbonyl (C=O) groups is 4. The molecule has 1 N–H and O–H groups in total. The van der Waals surface area contributed by atoms with Gasteiger partial charge < -0.3 is 14.8 Å². The highest BCUT2D eigenvalue weighted by molar-refractivity contribution is 6.22. The van der Waals surface area contributed by atoms with Gasteiger partial charge in [0.1, 0.15) is 0 Å². The summed E-state index contributed by atoms with van der Waals surface area (Å²) in [7, 11) is 0. The van der Waals surface area contributed by atoms with Crippen molar-refractivity contribution in [2.75, 3.05) is 18.7 Å². The lowest BCUT2D eigenvalue weighted by Crippen LogP contribution is -2.29. The molecule has 29 heavy (non-hydrogen) atoms. The second-order valence-electron chi connectivity index (χ2n) is 6.53. The number of fused-ring (bicyclic) bond motifs is 2. The molecule has 0 bridgehead atoms. The Morgan fingerprint density at radius 1 is 1.10 bits per heavy atom. The van der Waals surface area contributed by atoms with Gasteiger partial charge in [0.2, 0.25) is 6.79 Å². The zero-order valence-electron chi connectivity index (χ0n) is 15.5. The summed E-state index contributed by atoms with van der Waals surface area (Å²) in [5.41, 5.74) is 1.11. The number of ether oxygens (including phenoxy) is 2. The van der Waals surface area contributed by atoms with Crippen LogP contribution in [0, 0.1) is 0 Å². The van der Waals surface area contributed by atoms with Crippen LogP contribution in [0.3, 0.4) is 0 Å². The molecule has 2 aromatic carbocycles. The van der Waals surface area contributed by atoms with Crippen LogP contribution in [0.2, 0.25) is 0 Å². The van der Waals surface area contributed by atoms with Crippen LogP contribution in [0.5, 0.6) is 11.5 Å². The normalized spacial score (nSPS) is 14.0. The van der Waals surface area contributed by atoms with Gasteiger partial charge in [0.25, 0.3) is 17.7 Å². The number of nitrogens with one attached hydrogen (secondary N) is 1.